The van der Waals surface area contributed by atoms with Gasteiger partial charge in [-0.25, -0.2) is 0 Å². The molecule has 0 radical (unpaired) electrons. The molecule has 1 aliphatic rings. The highest BCUT2D eigenvalue weighted by Gasteiger charge is 2.32. The lowest BCUT2D eigenvalue weighted by Gasteiger charge is -2.35. The minimum absolute atomic E-state index is 0.613. The Kier molecular flexibility index (Phi) is 3.23. The molecule has 5 nitrogen and oxygen atoms in total. The van der Waals surface area contributed by atoms with Crippen molar-refractivity contribution in [3.8, 4) is 11.3 Å². The molecule has 5 heteroatoms. The number of nitrogens with zero attached hydrogens (tertiary/aromatic N) is 2. The van der Waals surface area contributed by atoms with Crippen LogP contribution in [-0.4, -0.2) is 28.4 Å². The molecular weight excluding hydrogens is 252 g/mol. The first-order valence-corrected chi connectivity index (χ1v) is 6.94. The number of nitrogens with two attached hydrogens (primary N) is 1. The van der Waals surface area contributed by atoms with Crippen molar-refractivity contribution in [2.45, 2.75) is 26.5 Å². The van der Waals surface area contributed by atoms with Gasteiger partial charge in [0.25, 0.3) is 0 Å². The molecule has 1 atom stereocenters. The van der Waals surface area contributed by atoms with Gasteiger partial charge >= 0.3 is 0 Å². The van der Waals surface area contributed by atoms with Crippen LogP contribution in [0.5, 0.6) is 0 Å². The SMILES string of the molecule is Cc1ccc2c(c1)-c1n[nH]c(C)c1C(O)N2CCCN. The molecule has 20 heavy (non-hydrogen) atoms. The van der Waals surface area contributed by atoms with Crippen LogP contribution in [0.2, 0.25) is 0 Å². The smallest absolute Gasteiger partial charge is 0.157 e. The maximum absolute atomic E-state index is 10.7. The molecule has 4 N–H and O–H groups in total. The summed E-state index contributed by atoms with van der Waals surface area (Å²) in [5.74, 6) is 0. The summed E-state index contributed by atoms with van der Waals surface area (Å²) in [6.07, 6.45) is 0.182. The number of fused-ring (bicyclic) bond motifs is 3. The number of aliphatic hydroxyl groups is 1. The number of aromatic nitrogens is 2. The number of rotatable bonds is 3. The van der Waals surface area contributed by atoms with Crippen LogP contribution >= 0.6 is 0 Å². The third-order valence-electron chi connectivity index (χ3n) is 3.87. The van der Waals surface area contributed by atoms with E-state index >= 15 is 0 Å². The molecule has 2 aromatic rings. The van der Waals surface area contributed by atoms with Crippen molar-refractivity contribution in [2.24, 2.45) is 5.73 Å². The topological polar surface area (TPSA) is 78.2 Å². The second-order valence-corrected chi connectivity index (χ2v) is 5.34. The highest BCUT2D eigenvalue weighted by atomic mass is 16.3. The summed E-state index contributed by atoms with van der Waals surface area (Å²) in [6, 6.07) is 6.23. The van der Waals surface area contributed by atoms with Crippen LogP contribution in [0.1, 0.15) is 29.5 Å². The van der Waals surface area contributed by atoms with Crippen molar-refractivity contribution in [3.05, 3.63) is 35.0 Å². The molecule has 0 spiro atoms. The van der Waals surface area contributed by atoms with Crippen LogP contribution in [0.4, 0.5) is 5.69 Å². The van der Waals surface area contributed by atoms with E-state index in [0.717, 1.165) is 41.2 Å². The number of aryl methyl sites for hydroxylation is 2. The molecule has 0 fully saturated rings. The minimum atomic E-state index is -0.662. The van der Waals surface area contributed by atoms with Crippen LogP contribution in [0, 0.1) is 13.8 Å². The number of hydrogen-bond acceptors (Lipinski definition) is 4. The summed E-state index contributed by atoms with van der Waals surface area (Å²) in [7, 11) is 0. The summed E-state index contributed by atoms with van der Waals surface area (Å²) in [6.45, 7) is 5.35. The average molecular weight is 272 g/mol. The Hall–Kier alpha value is -1.85. The van der Waals surface area contributed by atoms with Crippen LogP contribution in [0.3, 0.4) is 0 Å². The third-order valence-corrected chi connectivity index (χ3v) is 3.87. The normalized spacial score (nSPS) is 17.0. The minimum Gasteiger partial charge on any atom is -0.369 e. The van der Waals surface area contributed by atoms with Crippen molar-refractivity contribution in [1.29, 1.82) is 0 Å². The second-order valence-electron chi connectivity index (χ2n) is 5.34. The molecule has 0 bridgehead atoms. The lowest BCUT2D eigenvalue weighted by Crippen LogP contribution is -2.34. The zero-order chi connectivity index (χ0) is 14.3. The Labute approximate surface area is 118 Å². The number of hydrogen-bond donors (Lipinski definition) is 3. The monoisotopic (exact) mass is 272 g/mol. The van der Waals surface area contributed by atoms with E-state index in [0.29, 0.717) is 6.54 Å². The zero-order valence-corrected chi connectivity index (χ0v) is 11.8. The molecular formula is C15H20N4O. The molecule has 106 valence electrons. The predicted molar refractivity (Wildman–Crippen MR) is 79.5 cm³/mol. The van der Waals surface area contributed by atoms with Gasteiger partial charge in [0.2, 0.25) is 0 Å². The molecule has 1 aromatic heterocycles. The predicted octanol–water partition coefficient (Wildman–Crippen LogP) is 1.85. The quantitative estimate of drug-likeness (QED) is 0.797. The van der Waals surface area contributed by atoms with Gasteiger partial charge in [-0.2, -0.15) is 5.10 Å². The van der Waals surface area contributed by atoms with E-state index in [-0.39, 0.29) is 0 Å². The third kappa shape index (κ3) is 1.90. The first-order chi connectivity index (χ1) is 9.63. The van der Waals surface area contributed by atoms with Crippen molar-refractivity contribution < 1.29 is 5.11 Å². The molecule has 0 aliphatic carbocycles. The number of nitrogens with one attached hydrogen (secondary N) is 1. The first kappa shape index (κ1) is 13.1. The van der Waals surface area contributed by atoms with Gasteiger partial charge in [-0.15, -0.1) is 0 Å². The number of anilines is 1. The zero-order valence-electron chi connectivity index (χ0n) is 11.8. The van der Waals surface area contributed by atoms with Crippen molar-refractivity contribution in [3.63, 3.8) is 0 Å². The number of benzene rings is 1. The maximum Gasteiger partial charge on any atom is 0.157 e. The van der Waals surface area contributed by atoms with E-state index in [1.54, 1.807) is 0 Å². The standard InChI is InChI=1S/C15H20N4O/c1-9-4-5-12-11(8-9)14-13(10(2)17-18-14)15(20)19(12)7-3-6-16/h4-5,8,15,20H,3,6-7,16H2,1-2H3,(H,17,18). The summed E-state index contributed by atoms with van der Waals surface area (Å²) in [4.78, 5) is 2.01. The fourth-order valence-electron chi connectivity index (χ4n) is 2.84. The van der Waals surface area contributed by atoms with Gasteiger partial charge < -0.3 is 15.7 Å². The average Bonchev–Trinajstić information content (AvgIpc) is 2.82. The Bertz CT molecular complexity index is 635. The second kappa shape index (κ2) is 4.92. The molecule has 2 heterocycles. The molecule has 1 unspecified atom stereocenters. The maximum atomic E-state index is 10.7. The number of aromatic amines is 1. The summed E-state index contributed by atoms with van der Waals surface area (Å²) >= 11 is 0. The molecule has 1 aliphatic heterocycles. The van der Waals surface area contributed by atoms with Crippen LogP contribution < -0.4 is 10.6 Å². The van der Waals surface area contributed by atoms with Crippen LogP contribution in [0.15, 0.2) is 18.2 Å². The van der Waals surface area contributed by atoms with E-state index in [2.05, 4.69) is 35.3 Å². The van der Waals surface area contributed by atoms with Crippen molar-refractivity contribution in [2.75, 3.05) is 18.0 Å². The Balaban J connectivity index is 2.16. The summed E-state index contributed by atoms with van der Waals surface area (Å²) < 4.78 is 0. The van der Waals surface area contributed by atoms with Crippen LogP contribution in [0.25, 0.3) is 11.3 Å². The Morgan fingerprint density at radius 2 is 2.20 bits per heavy atom. The summed E-state index contributed by atoms with van der Waals surface area (Å²) in [5.41, 5.74) is 11.5. The summed E-state index contributed by atoms with van der Waals surface area (Å²) in [5, 5.41) is 18.0. The lowest BCUT2D eigenvalue weighted by molar-refractivity contribution is 0.169. The van der Waals surface area contributed by atoms with Crippen LogP contribution in [-0.2, 0) is 0 Å². The molecule has 0 saturated heterocycles. The fourth-order valence-corrected chi connectivity index (χ4v) is 2.84. The van der Waals surface area contributed by atoms with Gasteiger partial charge in [0, 0.05) is 29.1 Å². The lowest BCUT2D eigenvalue weighted by atomic mass is 9.95. The Morgan fingerprint density at radius 3 is 2.95 bits per heavy atom. The van der Waals surface area contributed by atoms with Gasteiger partial charge in [0.1, 0.15) is 5.69 Å². The number of aliphatic hydroxyl groups excluding tert-OH is 1. The van der Waals surface area contributed by atoms with E-state index < -0.39 is 6.23 Å². The van der Waals surface area contributed by atoms with Gasteiger partial charge in [-0.05, 0) is 38.9 Å². The van der Waals surface area contributed by atoms with Gasteiger partial charge in [0.05, 0.1) is 0 Å². The van der Waals surface area contributed by atoms with E-state index in [4.69, 9.17) is 5.73 Å². The largest absolute Gasteiger partial charge is 0.369 e. The van der Waals surface area contributed by atoms with Gasteiger partial charge in [0.15, 0.2) is 6.23 Å². The van der Waals surface area contributed by atoms with Gasteiger partial charge in [-0.1, -0.05) is 11.6 Å². The van der Waals surface area contributed by atoms with E-state index in [9.17, 15) is 5.11 Å². The van der Waals surface area contributed by atoms with Crippen molar-refractivity contribution in [1.82, 2.24) is 10.2 Å². The molecule has 3 rings (SSSR count). The van der Waals surface area contributed by atoms with Crippen molar-refractivity contribution >= 4 is 5.69 Å². The Morgan fingerprint density at radius 1 is 1.40 bits per heavy atom. The highest BCUT2D eigenvalue weighted by molar-refractivity contribution is 5.83. The number of H-pyrrole nitrogens is 1. The molecule has 1 aromatic carbocycles. The molecule has 0 saturated carbocycles. The van der Waals surface area contributed by atoms with E-state index in [1.807, 2.05) is 11.8 Å². The molecule has 0 amide bonds. The first-order valence-electron chi connectivity index (χ1n) is 6.94. The van der Waals surface area contributed by atoms with Gasteiger partial charge in [-0.3, -0.25) is 5.10 Å². The highest BCUT2D eigenvalue weighted by Crippen LogP contribution is 2.44. The van der Waals surface area contributed by atoms with E-state index in [1.165, 1.54) is 5.56 Å². The fraction of sp³-hybridized carbons (Fsp3) is 0.400.